The Labute approximate surface area is 136 Å². The molecule has 126 valence electrons. The van der Waals surface area contributed by atoms with Gasteiger partial charge in [0.1, 0.15) is 0 Å². The fourth-order valence-electron chi connectivity index (χ4n) is 4.72. The third-order valence-electron chi connectivity index (χ3n) is 6.22. The molecule has 0 bridgehead atoms. The number of allylic oxidation sites excluding steroid dienone is 2. The topological polar surface area (TPSA) is 40.5 Å². The lowest BCUT2D eigenvalue weighted by molar-refractivity contribution is -0.0107. The summed E-state index contributed by atoms with van der Waals surface area (Å²) in [5, 5.41) is 21.4. The zero-order chi connectivity index (χ0) is 16.4. The molecule has 0 spiro atoms. The van der Waals surface area contributed by atoms with Crippen molar-refractivity contribution < 1.29 is 10.2 Å². The van der Waals surface area contributed by atoms with Crippen LogP contribution in [0, 0.1) is 17.3 Å². The summed E-state index contributed by atoms with van der Waals surface area (Å²) in [4.78, 5) is 0. The van der Waals surface area contributed by atoms with Gasteiger partial charge in [-0.1, -0.05) is 39.0 Å². The molecule has 0 saturated heterocycles. The molecule has 0 amide bonds. The van der Waals surface area contributed by atoms with E-state index in [0.717, 1.165) is 44.1 Å². The van der Waals surface area contributed by atoms with Gasteiger partial charge in [-0.25, -0.2) is 0 Å². The SMILES string of the molecule is CCC(C=CCC(C)(O)C1=CCC2C(O)CCCC12C)CC. The van der Waals surface area contributed by atoms with Crippen LogP contribution in [0.5, 0.6) is 0 Å². The quantitative estimate of drug-likeness (QED) is 0.703. The van der Waals surface area contributed by atoms with E-state index in [0.29, 0.717) is 18.3 Å². The Morgan fingerprint density at radius 3 is 2.73 bits per heavy atom. The van der Waals surface area contributed by atoms with Crippen LogP contribution in [0.1, 0.15) is 72.6 Å². The Bertz CT molecular complexity index is 431. The predicted molar refractivity (Wildman–Crippen MR) is 92.6 cm³/mol. The Balaban J connectivity index is 2.09. The highest BCUT2D eigenvalue weighted by molar-refractivity contribution is 5.32. The second-order valence-electron chi connectivity index (χ2n) is 7.82. The molecule has 2 aliphatic rings. The average molecular weight is 306 g/mol. The molecule has 2 heteroatoms. The highest BCUT2D eigenvalue weighted by Crippen LogP contribution is 2.55. The summed E-state index contributed by atoms with van der Waals surface area (Å²) in [7, 11) is 0. The zero-order valence-electron chi connectivity index (χ0n) is 14.8. The fourth-order valence-corrected chi connectivity index (χ4v) is 4.72. The summed E-state index contributed by atoms with van der Waals surface area (Å²) in [5.74, 6) is 0.916. The Kier molecular flexibility index (Phi) is 5.55. The monoisotopic (exact) mass is 306 g/mol. The minimum atomic E-state index is -0.789. The van der Waals surface area contributed by atoms with Gasteiger partial charge in [-0.05, 0) is 74.7 Å². The van der Waals surface area contributed by atoms with Crippen molar-refractivity contribution in [3.8, 4) is 0 Å². The highest BCUT2D eigenvalue weighted by atomic mass is 16.3. The van der Waals surface area contributed by atoms with E-state index >= 15 is 0 Å². The predicted octanol–water partition coefficient (Wildman–Crippen LogP) is 4.62. The Morgan fingerprint density at radius 1 is 1.41 bits per heavy atom. The molecule has 4 atom stereocenters. The molecule has 2 aliphatic carbocycles. The largest absolute Gasteiger partial charge is 0.393 e. The molecule has 1 fully saturated rings. The maximum Gasteiger partial charge on any atom is 0.0868 e. The number of aliphatic hydroxyl groups excluding tert-OH is 1. The van der Waals surface area contributed by atoms with E-state index in [4.69, 9.17) is 0 Å². The molecule has 2 N–H and O–H groups in total. The second-order valence-corrected chi connectivity index (χ2v) is 7.82. The lowest BCUT2D eigenvalue weighted by atomic mass is 9.62. The van der Waals surface area contributed by atoms with Crippen LogP contribution >= 0.6 is 0 Å². The van der Waals surface area contributed by atoms with E-state index in [-0.39, 0.29) is 11.5 Å². The van der Waals surface area contributed by atoms with E-state index in [1.54, 1.807) is 0 Å². The highest BCUT2D eigenvalue weighted by Gasteiger charge is 2.51. The minimum Gasteiger partial charge on any atom is -0.393 e. The van der Waals surface area contributed by atoms with Crippen molar-refractivity contribution in [2.24, 2.45) is 17.3 Å². The molecular formula is C20H34O2. The normalized spacial score (nSPS) is 34.8. The van der Waals surface area contributed by atoms with Crippen LogP contribution in [-0.2, 0) is 0 Å². The van der Waals surface area contributed by atoms with Gasteiger partial charge in [0.05, 0.1) is 11.7 Å². The first-order chi connectivity index (χ1) is 10.3. The summed E-state index contributed by atoms with van der Waals surface area (Å²) in [6, 6.07) is 0. The van der Waals surface area contributed by atoms with Crippen LogP contribution in [0.3, 0.4) is 0 Å². The van der Waals surface area contributed by atoms with Crippen molar-refractivity contribution in [3.05, 3.63) is 23.8 Å². The third kappa shape index (κ3) is 3.33. The van der Waals surface area contributed by atoms with Crippen LogP contribution < -0.4 is 0 Å². The van der Waals surface area contributed by atoms with Crippen molar-refractivity contribution in [1.29, 1.82) is 0 Å². The number of fused-ring (bicyclic) bond motifs is 1. The maximum absolute atomic E-state index is 11.1. The molecular weight excluding hydrogens is 272 g/mol. The van der Waals surface area contributed by atoms with Crippen LogP contribution in [0.15, 0.2) is 23.8 Å². The minimum absolute atomic E-state index is 0.0239. The third-order valence-corrected chi connectivity index (χ3v) is 6.22. The summed E-state index contributed by atoms with van der Waals surface area (Å²) < 4.78 is 0. The van der Waals surface area contributed by atoms with Crippen molar-refractivity contribution in [3.63, 3.8) is 0 Å². The molecule has 0 radical (unpaired) electrons. The van der Waals surface area contributed by atoms with Gasteiger partial charge < -0.3 is 10.2 Å². The van der Waals surface area contributed by atoms with Crippen LogP contribution in [0.25, 0.3) is 0 Å². The molecule has 1 saturated carbocycles. The van der Waals surface area contributed by atoms with Crippen LogP contribution in [0.4, 0.5) is 0 Å². The molecule has 4 unspecified atom stereocenters. The van der Waals surface area contributed by atoms with Gasteiger partial charge in [0.25, 0.3) is 0 Å². The van der Waals surface area contributed by atoms with Gasteiger partial charge in [0, 0.05) is 0 Å². The van der Waals surface area contributed by atoms with Crippen molar-refractivity contribution in [2.45, 2.75) is 84.3 Å². The van der Waals surface area contributed by atoms with E-state index < -0.39 is 5.60 Å². The van der Waals surface area contributed by atoms with Crippen molar-refractivity contribution in [2.75, 3.05) is 0 Å². The first-order valence-corrected chi connectivity index (χ1v) is 9.13. The van der Waals surface area contributed by atoms with Gasteiger partial charge in [0.2, 0.25) is 0 Å². The summed E-state index contributed by atoms with van der Waals surface area (Å²) in [5.41, 5.74) is 0.352. The Morgan fingerprint density at radius 2 is 2.09 bits per heavy atom. The van der Waals surface area contributed by atoms with Gasteiger partial charge in [-0.3, -0.25) is 0 Å². The lowest BCUT2D eigenvalue weighted by Gasteiger charge is -2.45. The second kappa shape index (κ2) is 6.88. The molecule has 2 nitrogen and oxygen atoms in total. The van der Waals surface area contributed by atoms with Gasteiger partial charge >= 0.3 is 0 Å². The number of hydrogen-bond donors (Lipinski definition) is 2. The smallest absolute Gasteiger partial charge is 0.0868 e. The van der Waals surface area contributed by atoms with Gasteiger partial charge in [-0.15, -0.1) is 0 Å². The van der Waals surface area contributed by atoms with Gasteiger partial charge in [-0.2, -0.15) is 0 Å². The molecule has 0 aromatic carbocycles. The molecule has 0 aliphatic heterocycles. The summed E-state index contributed by atoms with van der Waals surface area (Å²) in [6.45, 7) is 8.62. The first-order valence-electron chi connectivity index (χ1n) is 9.13. The Hall–Kier alpha value is -0.600. The van der Waals surface area contributed by atoms with Crippen LogP contribution in [0.2, 0.25) is 0 Å². The van der Waals surface area contributed by atoms with Crippen molar-refractivity contribution in [1.82, 2.24) is 0 Å². The fraction of sp³-hybridized carbons (Fsp3) is 0.800. The van der Waals surface area contributed by atoms with E-state index in [9.17, 15) is 10.2 Å². The summed E-state index contributed by atoms with van der Waals surface area (Å²) >= 11 is 0. The number of aliphatic hydroxyl groups is 2. The number of hydrogen-bond acceptors (Lipinski definition) is 2. The zero-order valence-corrected chi connectivity index (χ0v) is 14.8. The average Bonchev–Trinajstić information content (AvgIpc) is 2.83. The van der Waals surface area contributed by atoms with Gasteiger partial charge in [0.15, 0.2) is 0 Å². The first kappa shape index (κ1) is 17.7. The molecule has 0 aromatic rings. The molecule has 2 rings (SSSR count). The maximum atomic E-state index is 11.1. The van der Waals surface area contributed by atoms with Crippen LogP contribution in [-0.4, -0.2) is 21.9 Å². The van der Waals surface area contributed by atoms with E-state index in [2.05, 4.69) is 39.0 Å². The molecule has 0 aromatic heterocycles. The summed E-state index contributed by atoms with van der Waals surface area (Å²) in [6.07, 6.45) is 13.4. The van der Waals surface area contributed by atoms with Crippen molar-refractivity contribution >= 4 is 0 Å². The molecule has 22 heavy (non-hydrogen) atoms. The lowest BCUT2D eigenvalue weighted by Crippen LogP contribution is -2.43. The molecule has 0 heterocycles. The number of rotatable bonds is 6. The standard InChI is InChI=1S/C20H34O2/c1-5-15(6-2)9-7-14-20(4,22)18-12-11-16-17(21)10-8-13-19(16,18)3/h7,9,12,15-17,21-22H,5-6,8,10-11,13-14H2,1-4H3. The van der Waals surface area contributed by atoms with E-state index in [1.165, 1.54) is 0 Å². The van der Waals surface area contributed by atoms with E-state index in [1.807, 2.05) is 6.92 Å².